The molecule has 0 saturated heterocycles. The van der Waals surface area contributed by atoms with E-state index < -0.39 is 22.1 Å². The fourth-order valence-electron chi connectivity index (χ4n) is 2.51. The number of benzene rings is 3. The molecule has 0 aliphatic heterocycles. The number of rotatable bonds is 5. The number of imide groups is 1. The van der Waals surface area contributed by atoms with Crippen molar-refractivity contribution in [3.8, 4) is 0 Å². The second kappa shape index (κ2) is 9.92. The van der Waals surface area contributed by atoms with Crippen LogP contribution in [0.2, 0.25) is 5.02 Å². The van der Waals surface area contributed by atoms with Crippen molar-refractivity contribution in [2.75, 3.05) is 10.6 Å². The van der Waals surface area contributed by atoms with Crippen molar-refractivity contribution < 1.29 is 18.0 Å². The lowest BCUT2D eigenvalue weighted by molar-refractivity contribution is 0.223. The largest absolute Gasteiger partial charge is 0.344 e. The van der Waals surface area contributed by atoms with Crippen molar-refractivity contribution in [3.05, 3.63) is 101 Å². The second-order valence-corrected chi connectivity index (χ2v) is 8.36. The quantitative estimate of drug-likeness (QED) is 0.537. The van der Waals surface area contributed by atoms with Gasteiger partial charge in [0.1, 0.15) is 0 Å². The van der Waals surface area contributed by atoms with Crippen molar-refractivity contribution in [1.82, 2.24) is 4.31 Å². The van der Waals surface area contributed by atoms with Gasteiger partial charge in [0, 0.05) is 16.4 Å². The first-order valence-corrected chi connectivity index (χ1v) is 10.9. The molecule has 4 amide bonds. The zero-order chi connectivity index (χ0) is 22.3. The van der Waals surface area contributed by atoms with Gasteiger partial charge in [-0.25, -0.2) is 18.0 Å². The Kier molecular flexibility index (Phi) is 7.07. The van der Waals surface area contributed by atoms with Crippen LogP contribution in [0.1, 0.15) is 5.56 Å². The maximum Gasteiger partial charge on any atom is 0.344 e. The fraction of sp³-hybridized carbons (Fsp3) is 0. The number of carbonyl (C=O) groups excluding carboxylic acids is 2. The maximum atomic E-state index is 12.9. The Balaban J connectivity index is 1.90. The van der Waals surface area contributed by atoms with Gasteiger partial charge in [0.25, 0.3) is 10.0 Å². The number of sulfonamides is 1. The molecule has 0 aromatic heterocycles. The van der Waals surface area contributed by atoms with Gasteiger partial charge in [-0.3, -0.25) is 0 Å². The lowest BCUT2D eigenvalue weighted by Gasteiger charge is -2.20. The van der Waals surface area contributed by atoms with E-state index in [0.717, 1.165) is 5.41 Å². The molecular weight excluding hydrogens is 438 g/mol. The fourth-order valence-corrected chi connectivity index (χ4v) is 3.64. The van der Waals surface area contributed by atoms with Crippen LogP contribution in [0.25, 0.3) is 6.08 Å². The number of nitrogens with zero attached hydrogens (tertiary/aromatic N) is 1. The molecular formula is C22H18ClN3O4S. The molecule has 0 fully saturated rings. The summed E-state index contributed by atoms with van der Waals surface area (Å²) in [5.41, 5.74) is 1.20. The number of hydrogen-bond acceptors (Lipinski definition) is 4. The molecule has 158 valence electrons. The molecule has 7 nitrogen and oxygen atoms in total. The Morgan fingerprint density at radius 1 is 0.742 bits per heavy atom. The summed E-state index contributed by atoms with van der Waals surface area (Å²) in [6.07, 6.45) is 1.27. The first-order valence-electron chi connectivity index (χ1n) is 9.06. The van der Waals surface area contributed by atoms with Gasteiger partial charge in [0.2, 0.25) is 0 Å². The van der Waals surface area contributed by atoms with Gasteiger partial charge in [0.05, 0.1) is 5.41 Å². The van der Waals surface area contributed by atoms with Crippen LogP contribution in [0, 0.1) is 0 Å². The van der Waals surface area contributed by atoms with Crippen molar-refractivity contribution in [1.29, 1.82) is 0 Å². The molecule has 31 heavy (non-hydrogen) atoms. The molecule has 2 N–H and O–H groups in total. The highest BCUT2D eigenvalue weighted by Gasteiger charge is 2.32. The van der Waals surface area contributed by atoms with Gasteiger partial charge >= 0.3 is 12.1 Å². The highest BCUT2D eigenvalue weighted by molar-refractivity contribution is 7.93. The van der Waals surface area contributed by atoms with Crippen molar-refractivity contribution in [2.45, 2.75) is 0 Å². The maximum absolute atomic E-state index is 12.9. The molecule has 3 rings (SSSR count). The summed E-state index contributed by atoms with van der Waals surface area (Å²) in [7, 11) is -4.47. The van der Waals surface area contributed by atoms with Crippen LogP contribution in [0.4, 0.5) is 21.0 Å². The molecule has 0 spiro atoms. The summed E-state index contributed by atoms with van der Waals surface area (Å²) >= 11 is 5.83. The number of halogens is 1. The minimum atomic E-state index is -4.47. The topological polar surface area (TPSA) is 95.6 Å². The first-order chi connectivity index (χ1) is 14.8. The predicted octanol–water partition coefficient (Wildman–Crippen LogP) is 5.41. The SMILES string of the molecule is O=C(Nc1ccccc1)N(C(=O)Nc1ccccc1)S(=O)(=O)/C=C/c1ccc(Cl)cc1. The van der Waals surface area contributed by atoms with Gasteiger partial charge in [-0.15, -0.1) is 4.31 Å². The smallest absolute Gasteiger partial charge is 0.307 e. The van der Waals surface area contributed by atoms with Crippen molar-refractivity contribution in [2.24, 2.45) is 0 Å². The van der Waals surface area contributed by atoms with Crippen molar-refractivity contribution >= 4 is 51.1 Å². The third-order valence-corrected chi connectivity index (χ3v) is 5.55. The third kappa shape index (κ3) is 6.18. The lowest BCUT2D eigenvalue weighted by Crippen LogP contribution is -2.45. The Bertz CT molecular complexity index is 1130. The molecule has 0 bridgehead atoms. The molecule has 0 radical (unpaired) electrons. The number of carbonyl (C=O) groups is 2. The van der Waals surface area contributed by atoms with Crippen molar-refractivity contribution in [3.63, 3.8) is 0 Å². The van der Waals surface area contributed by atoms with E-state index in [-0.39, 0.29) is 4.31 Å². The number of amides is 4. The van der Waals surface area contributed by atoms with Gasteiger partial charge in [-0.1, -0.05) is 60.1 Å². The highest BCUT2D eigenvalue weighted by atomic mass is 35.5. The molecule has 0 atom stereocenters. The van der Waals surface area contributed by atoms with Crippen LogP contribution in [-0.2, 0) is 10.0 Å². The Hall–Kier alpha value is -3.62. The van der Waals surface area contributed by atoms with E-state index in [1.807, 2.05) is 0 Å². The van der Waals surface area contributed by atoms with Crippen LogP contribution in [0.5, 0.6) is 0 Å². The zero-order valence-electron chi connectivity index (χ0n) is 16.1. The Morgan fingerprint density at radius 2 is 1.19 bits per heavy atom. The monoisotopic (exact) mass is 455 g/mol. The number of nitrogens with one attached hydrogen (secondary N) is 2. The molecule has 9 heteroatoms. The van der Waals surface area contributed by atoms with E-state index in [9.17, 15) is 18.0 Å². The highest BCUT2D eigenvalue weighted by Crippen LogP contribution is 2.16. The molecule has 0 heterocycles. The minimum absolute atomic E-state index is 0.138. The van der Waals surface area contributed by atoms with Crippen LogP contribution >= 0.6 is 11.6 Å². The summed E-state index contributed by atoms with van der Waals surface area (Å²) in [6.45, 7) is 0. The van der Waals surface area contributed by atoms with Gasteiger partial charge in [-0.05, 0) is 48.0 Å². The summed E-state index contributed by atoms with van der Waals surface area (Å²) in [6, 6.07) is 20.6. The third-order valence-electron chi connectivity index (χ3n) is 3.98. The van der Waals surface area contributed by atoms with E-state index in [1.165, 1.54) is 6.08 Å². The van der Waals surface area contributed by atoms with Gasteiger partial charge < -0.3 is 10.6 Å². The number of urea groups is 2. The second-order valence-electron chi connectivity index (χ2n) is 6.26. The van der Waals surface area contributed by atoms with E-state index >= 15 is 0 Å². The number of hydrogen-bond donors (Lipinski definition) is 2. The van der Waals surface area contributed by atoms with Crippen LogP contribution < -0.4 is 10.6 Å². The standard InChI is InChI=1S/C22H18ClN3O4S/c23-18-13-11-17(12-14-18)15-16-31(29,30)26(21(27)24-19-7-3-1-4-8-19)22(28)25-20-9-5-2-6-10-20/h1-16H,(H,24,27)(H,25,28)/b16-15+. The summed E-state index contributed by atoms with van der Waals surface area (Å²) < 4.78 is 26.0. The minimum Gasteiger partial charge on any atom is -0.307 e. The number of anilines is 2. The predicted molar refractivity (Wildman–Crippen MR) is 122 cm³/mol. The summed E-state index contributed by atoms with van der Waals surface area (Å²) in [4.78, 5) is 25.5. The molecule has 0 saturated carbocycles. The van der Waals surface area contributed by atoms with Crippen LogP contribution in [0.15, 0.2) is 90.3 Å². The molecule has 3 aromatic rings. The summed E-state index contributed by atoms with van der Waals surface area (Å²) in [5.74, 6) is 0. The average molecular weight is 456 g/mol. The number of para-hydroxylation sites is 2. The lowest BCUT2D eigenvalue weighted by atomic mass is 10.2. The average Bonchev–Trinajstić information content (AvgIpc) is 2.74. The normalized spacial score (nSPS) is 11.1. The van der Waals surface area contributed by atoms with Crippen LogP contribution in [0.3, 0.4) is 0 Å². The van der Waals surface area contributed by atoms with E-state index in [4.69, 9.17) is 11.6 Å². The van der Waals surface area contributed by atoms with Gasteiger partial charge in [-0.2, -0.15) is 0 Å². The zero-order valence-corrected chi connectivity index (χ0v) is 17.7. The van der Waals surface area contributed by atoms with E-state index in [0.29, 0.717) is 22.0 Å². The van der Waals surface area contributed by atoms with E-state index in [1.54, 1.807) is 84.9 Å². The Labute approximate surface area is 185 Å². The molecule has 0 aliphatic carbocycles. The first kappa shape index (κ1) is 22.1. The van der Waals surface area contributed by atoms with Crippen LogP contribution in [-0.4, -0.2) is 24.8 Å². The summed E-state index contributed by atoms with van der Waals surface area (Å²) in [5, 5.41) is 6.11. The van der Waals surface area contributed by atoms with E-state index in [2.05, 4.69) is 10.6 Å². The molecule has 0 unspecified atom stereocenters. The molecule has 0 aliphatic rings. The molecule has 3 aromatic carbocycles. The van der Waals surface area contributed by atoms with Gasteiger partial charge in [0.15, 0.2) is 0 Å². The Morgan fingerprint density at radius 3 is 1.65 bits per heavy atom.